The van der Waals surface area contributed by atoms with Crippen LogP contribution in [0.1, 0.15) is 17.5 Å². The zero-order valence-corrected chi connectivity index (χ0v) is 14.5. The molecule has 2 rings (SSSR count). The van der Waals surface area contributed by atoms with Crippen molar-refractivity contribution in [2.24, 2.45) is 0 Å². The first-order chi connectivity index (χ1) is 11.5. The van der Waals surface area contributed by atoms with Gasteiger partial charge in [0, 0.05) is 4.88 Å². The highest BCUT2D eigenvalue weighted by atomic mass is 32.1. The highest BCUT2D eigenvalue weighted by Gasteiger charge is 2.14. The van der Waals surface area contributed by atoms with E-state index in [1.54, 1.807) is 25.1 Å². The molecule has 1 aromatic carbocycles. The molecule has 1 aromatic heterocycles. The van der Waals surface area contributed by atoms with E-state index in [1.807, 2.05) is 13.0 Å². The highest BCUT2D eigenvalue weighted by Crippen LogP contribution is 2.26. The quantitative estimate of drug-likeness (QED) is 0.782. The second kappa shape index (κ2) is 8.30. The number of ether oxygens (including phenoxy) is 2. The van der Waals surface area contributed by atoms with E-state index in [2.05, 4.69) is 20.4 Å². The third kappa shape index (κ3) is 4.69. The van der Waals surface area contributed by atoms with Crippen molar-refractivity contribution in [3.8, 4) is 5.75 Å². The molecule has 2 amide bonds. The van der Waals surface area contributed by atoms with Crippen molar-refractivity contribution in [1.82, 2.24) is 4.98 Å². The first-order valence-electron chi connectivity index (χ1n) is 7.36. The van der Waals surface area contributed by atoms with E-state index in [1.165, 1.54) is 18.4 Å². The largest absolute Gasteiger partial charge is 0.492 e. The number of urea groups is 1. The van der Waals surface area contributed by atoms with Crippen LogP contribution in [-0.2, 0) is 16.0 Å². The Morgan fingerprint density at radius 2 is 2.00 bits per heavy atom. The zero-order valence-electron chi connectivity index (χ0n) is 13.7. The maximum absolute atomic E-state index is 12.1. The van der Waals surface area contributed by atoms with Crippen LogP contribution in [0.4, 0.5) is 15.6 Å². The third-order valence-corrected chi connectivity index (χ3v) is 4.15. The molecule has 0 saturated heterocycles. The Labute approximate surface area is 144 Å². The number of aryl methyl sites for hydroxylation is 1. The number of methoxy groups -OCH3 is 1. The molecule has 2 N–H and O–H groups in total. The lowest BCUT2D eigenvalue weighted by atomic mass is 10.3. The van der Waals surface area contributed by atoms with Crippen molar-refractivity contribution < 1.29 is 19.1 Å². The Morgan fingerprint density at radius 1 is 1.25 bits per heavy atom. The number of thiazole rings is 1. The van der Waals surface area contributed by atoms with Crippen LogP contribution in [0.2, 0.25) is 0 Å². The lowest BCUT2D eigenvalue weighted by Crippen LogP contribution is -2.19. The van der Waals surface area contributed by atoms with Crippen LogP contribution in [0.5, 0.6) is 5.75 Å². The van der Waals surface area contributed by atoms with Gasteiger partial charge < -0.3 is 14.8 Å². The smallest absolute Gasteiger partial charge is 0.325 e. The van der Waals surface area contributed by atoms with E-state index in [4.69, 9.17) is 4.74 Å². The number of esters is 1. The molecule has 2 aromatic rings. The second-order valence-corrected chi connectivity index (χ2v) is 5.87. The molecule has 8 heteroatoms. The van der Waals surface area contributed by atoms with Gasteiger partial charge in [-0.25, -0.2) is 9.78 Å². The summed E-state index contributed by atoms with van der Waals surface area (Å²) in [6, 6.07) is 6.74. The fraction of sp³-hybridized carbons (Fsp3) is 0.312. The standard InChI is InChI=1S/C16H19N3O4S/c1-4-23-12-8-6-5-7-11(12)18-15(21)19-16-17-10(2)13(24-16)9-14(20)22-3/h5-8H,4,9H2,1-3H3,(H2,17,18,19,21). The molecule has 0 aliphatic heterocycles. The number of amides is 2. The van der Waals surface area contributed by atoms with Gasteiger partial charge in [0.25, 0.3) is 0 Å². The average Bonchev–Trinajstić information content (AvgIpc) is 2.88. The maximum Gasteiger partial charge on any atom is 0.325 e. The number of hydrogen-bond acceptors (Lipinski definition) is 6. The van der Waals surface area contributed by atoms with Crippen molar-refractivity contribution in [2.45, 2.75) is 20.3 Å². The van der Waals surface area contributed by atoms with Gasteiger partial charge in [-0.2, -0.15) is 0 Å². The van der Waals surface area contributed by atoms with Crippen LogP contribution in [0, 0.1) is 6.92 Å². The molecule has 0 aliphatic carbocycles. The van der Waals surface area contributed by atoms with Crippen molar-refractivity contribution in [3.05, 3.63) is 34.8 Å². The summed E-state index contributed by atoms with van der Waals surface area (Å²) < 4.78 is 10.1. The van der Waals surface area contributed by atoms with E-state index in [-0.39, 0.29) is 12.4 Å². The monoisotopic (exact) mass is 349 g/mol. The van der Waals surface area contributed by atoms with Crippen molar-refractivity contribution in [1.29, 1.82) is 0 Å². The number of benzene rings is 1. The topological polar surface area (TPSA) is 89.5 Å². The van der Waals surface area contributed by atoms with Gasteiger partial charge in [-0.05, 0) is 26.0 Å². The summed E-state index contributed by atoms with van der Waals surface area (Å²) in [5, 5.41) is 5.80. The molecular formula is C16H19N3O4S. The van der Waals surface area contributed by atoms with E-state index < -0.39 is 6.03 Å². The summed E-state index contributed by atoms with van der Waals surface area (Å²) in [6.45, 7) is 4.16. The van der Waals surface area contributed by atoms with E-state index in [9.17, 15) is 9.59 Å². The minimum atomic E-state index is -0.430. The predicted octanol–water partition coefficient (Wildman–Crippen LogP) is 3.21. The number of aromatic nitrogens is 1. The first-order valence-corrected chi connectivity index (χ1v) is 8.18. The Balaban J connectivity index is 2.03. The van der Waals surface area contributed by atoms with Crippen LogP contribution >= 0.6 is 11.3 Å². The summed E-state index contributed by atoms with van der Waals surface area (Å²) in [7, 11) is 1.33. The molecule has 1 heterocycles. The van der Waals surface area contributed by atoms with Crippen LogP contribution in [0.25, 0.3) is 0 Å². The summed E-state index contributed by atoms with van der Waals surface area (Å²) in [5.74, 6) is 0.250. The molecule has 0 bridgehead atoms. The predicted molar refractivity (Wildman–Crippen MR) is 92.8 cm³/mol. The van der Waals surface area contributed by atoms with Gasteiger partial charge in [0.15, 0.2) is 5.13 Å². The fourth-order valence-electron chi connectivity index (χ4n) is 1.95. The number of hydrogen-bond donors (Lipinski definition) is 2. The molecule has 128 valence electrons. The van der Waals surface area contributed by atoms with E-state index in [0.29, 0.717) is 28.9 Å². The van der Waals surface area contributed by atoms with Gasteiger partial charge >= 0.3 is 12.0 Å². The lowest BCUT2D eigenvalue weighted by Gasteiger charge is -2.11. The second-order valence-electron chi connectivity index (χ2n) is 4.79. The number of para-hydroxylation sites is 2. The average molecular weight is 349 g/mol. The number of rotatable bonds is 6. The van der Waals surface area contributed by atoms with Gasteiger partial charge in [-0.1, -0.05) is 12.1 Å². The highest BCUT2D eigenvalue weighted by molar-refractivity contribution is 7.16. The molecule has 0 spiro atoms. The molecule has 0 saturated carbocycles. The SMILES string of the molecule is CCOc1ccccc1NC(=O)Nc1nc(C)c(CC(=O)OC)s1. The van der Waals surface area contributed by atoms with Crippen LogP contribution < -0.4 is 15.4 Å². The number of nitrogens with zero attached hydrogens (tertiary/aromatic N) is 1. The molecule has 24 heavy (non-hydrogen) atoms. The minimum absolute atomic E-state index is 0.135. The number of anilines is 2. The minimum Gasteiger partial charge on any atom is -0.492 e. The van der Waals surface area contributed by atoms with Crippen molar-refractivity contribution in [2.75, 3.05) is 24.4 Å². The lowest BCUT2D eigenvalue weighted by molar-refractivity contribution is -0.139. The Morgan fingerprint density at radius 3 is 2.71 bits per heavy atom. The summed E-state index contributed by atoms with van der Waals surface area (Å²) in [6.07, 6.45) is 0.135. The third-order valence-electron chi connectivity index (χ3n) is 3.08. The Kier molecular flexibility index (Phi) is 6.14. The fourth-order valence-corrected chi connectivity index (χ4v) is 2.89. The molecule has 0 atom stereocenters. The number of carbonyl (C=O) groups excluding carboxylic acids is 2. The Bertz CT molecular complexity index is 730. The zero-order chi connectivity index (χ0) is 17.5. The maximum atomic E-state index is 12.1. The van der Waals surface area contributed by atoms with Crippen LogP contribution in [0.3, 0.4) is 0 Å². The molecule has 7 nitrogen and oxygen atoms in total. The molecule has 0 unspecified atom stereocenters. The molecular weight excluding hydrogens is 330 g/mol. The van der Waals surface area contributed by atoms with Crippen molar-refractivity contribution in [3.63, 3.8) is 0 Å². The Hall–Kier alpha value is -2.61. The van der Waals surface area contributed by atoms with Crippen LogP contribution in [-0.4, -0.2) is 30.7 Å². The molecule has 0 fully saturated rings. The molecule has 0 aliphatic rings. The van der Waals surface area contributed by atoms with Gasteiger partial charge in [-0.15, -0.1) is 11.3 Å². The number of carbonyl (C=O) groups is 2. The van der Waals surface area contributed by atoms with Crippen LogP contribution in [0.15, 0.2) is 24.3 Å². The van der Waals surface area contributed by atoms with E-state index >= 15 is 0 Å². The number of nitrogens with one attached hydrogen (secondary N) is 2. The molecule has 0 radical (unpaired) electrons. The van der Waals surface area contributed by atoms with Gasteiger partial charge in [0.1, 0.15) is 5.75 Å². The normalized spacial score (nSPS) is 10.1. The van der Waals surface area contributed by atoms with Gasteiger partial charge in [0.2, 0.25) is 0 Å². The van der Waals surface area contributed by atoms with E-state index in [0.717, 1.165) is 4.88 Å². The van der Waals surface area contributed by atoms with Gasteiger partial charge in [-0.3, -0.25) is 10.1 Å². The van der Waals surface area contributed by atoms with Crippen molar-refractivity contribution >= 4 is 34.2 Å². The summed E-state index contributed by atoms with van der Waals surface area (Å²) in [4.78, 5) is 28.5. The summed E-state index contributed by atoms with van der Waals surface area (Å²) in [5.41, 5.74) is 1.26. The summed E-state index contributed by atoms with van der Waals surface area (Å²) >= 11 is 1.24. The van der Waals surface area contributed by atoms with Gasteiger partial charge in [0.05, 0.1) is 31.5 Å². The first kappa shape index (κ1) is 17.7.